The first-order valence-electron chi connectivity index (χ1n) is 10.6. The number of nitrogens with zero attached hydrogens (tertiary/aromatic N) is 2. The molecule has 1 N–H and O–H groups in total. The molecule has 1 fully saturated rings. The molecular weight excluding hydrogens is 394 g/mol. The zero-order valence-corrected chi connectivity index (χ0v) is 18.5. The Bertz CT molecular complexity index is 1080. The van der Waals surface area contributed by atoms with E-state index in [0.717, 1.165) is 46.3 Å². The zero-order chi connectivity index (χ0) is 21.3. The normalized spacial score (nSPS) is 16.4. The van der Waals surface area contributed by atoms with Gasteiger partial charge in [-0.25, -0.2) is 4.98 Å². The Kier molecular flexibility index (Phi) is 5.86. The van der Waals surface area contributed by atoms with Crippen LogP contribution in [0.1, 0.15) is 43.9 Å². The standard InChI is InChI=1S/C24H27N3O2S/c1-4-15-10-11-19-20(12-15)30-24(25-19)26-23(29)18-13-21(28)27(14-18)22-16(5-2)8-7-9-17(22)6-3/h7-12,18H,4-6,13-14H2,1-3H3,(H,25,26,29). The van der Waals surface area contributed by atoms with Gasteiger partial charge in [0, 0.05) is 18.7 Å². The number of thiazole rings is 1. The molecule has 0 saturated carbocycles. The number of nitrogens with one attached hydrogen (secondary N) is 1. The van der Waals surface area contributed by atoms with Gasteiger partial charge in [0.15, 0.2) is 5.13 Å². The van der Waals surface area contributed by atoms with Crippen molar-refractivity contribution >= 4 is 44.2 Å². The summed E-state index contributed by atoms with van der Waals surface area (Å²) in [6, 6.07) is 12.4. The van der Waals surface area contributed by atoms with Crippen LogP contribution in [-0.2, 0) is 28.9 Å². The first-order chi connectivity index (χ1) is 14.5. The predicted octanol–water partition coefficient (Wildman–Crippen LogP) is 4.98. The SMILES string of the molecule is CCc1ccc2nc(NC(=O)C3CC(=O)N(c4c(CC)cccc4CC)C3)sc2c1. The number of aryl methyl sites for hydroxylation is 3. The molecule has 0 radical (unpaired) electrons. The molecule has 2 aromatic carbocycles. The molecule has 0 bridgehead atoms. The highest BCUT2D eigenvalue weighted by molar-refractivity contribution is 7.22. The van der Waals surface area contributed by atoms with E-state index in [9.17, 15) is 9.59 Å². The molecule has 1 saturated heterocycles. The summed E-state index contributed by atoms with van der Waals surface area (Å²) in [5.41, 5.74) is 5.45. The maximum absolute atomic E-state index is 12.9. The van der Waals surface area contributed by atoms with Gasteiger partial charge in [-0.1, -0.05) is 56.4 Å². The molecule has 1 aromatic heterocycles. The third-order valence-electron chi connectivity index (χ3n) is 5.82. The first kappa shape index (κ1) is 20.5. The van der Waals surface area contributed by atoms with Crippen molar-refractivity contribution in [2.75, 3.05) is 16.8 Å². The first-order valence-corrected chi connectivity index (χ1v) is 11.5. The molecule has 1 unspecified atom stereocenters. The number of hydrogen-bond donors (Lipinski definition) is 1. The monoisotopic (exact) mass is 421 g/mol. The third-order valence-corrected chi connectivity index (χ3v) is 6.76. The maximum Gasteiger partial charge on any atom is 0.231 e. The lowest BCUT2D eigenvalue weighted by atomic mass is 10.0. The Labute approximate surface area is 181 Å². The van der Waals surface area contributed by atoms with Crippen LogP contribution in [0, 0.1) is 5.92 Å². The summed E-state index contributed by atoms with van der Waals surface area (Å²) in [6.45, 7) is 6.73. The topological polar surface area (TPSA) is 62.3 Å². The number of carbonyl (C=O) groups excluding carboxylic acids is 2. The average molecular weight is 422 g/mol. The lowest BCUT2D eigenvalue weighted by Crippen LogP contribution is -2.29. The minimum atomic E-state index is -0.370. The second-order valence-corrected chi connectivity index (χ2v) is 8.73. The molecule has 4 rings (SSSR count). The number of amides is 2. The molecule has 30 heavy (non-hydrogen) atoms. The summed E-state index contributed by atoms with van der Waals surface area (Å²) in [7, 11) is 0. The van der Waals surface area contributed by atoms with Crippen molar-refractivity contribution in [3.05, 3.63) is 53.1 Å². The summed E-state index contributed by atoms with van der Waals surface area (Å²) < 4.78 is 1.07. The molecule has 2 amide bonds. The second kappa shape index (κ2) is 8.56. The Morgan fingerprint density at radius 2 is 1.87 bits per heavy atom. The molecule has 0 aliphatic carbocycles. The van der Waals surface area contributed by atoms with E-state index in [-0.39, 0.29) is 24.2 Å². The van der Waals surface area contributed by atoms with Crippen molar-refractivity contribution in [1.82, 2.24) is 4.98 Å². The van der Waals surface area contributed by atoms with Crippen LogP contribution in [0.25, 0.3) is 10.2 Å². The van der Waals surface area contributed by atoms with Gasteiger partial charge in [0.25, 0.3) is 0 Å². The van der Waals surface area contributed by atoms with E-state index in [1.807, 2.05) is 17.0 Å². The minimum Gasteiger partial charge on any atom is -0.311 e. The number of hydrogen-bond acceptors (Lipinski definition) is 4. The van der Waals surface area contributed by atoms with Gasteiger partial charge in [0.2, 0.25) is 11.8 Å². The fourth-order valence-corrected chi connectivity index (χ4v) is 5.04. The van der Waals surface area contributed by atoms with E-state index in [1.54, 1.807) is 0 Å². The van der Waals surface area contributed by atoms with Crippen molar-refractivity contribution in [3.8, 4) is 0 Å². The maximum atomic E-state index is 12.9. The molecule has 1 atom stereocenters. The lowest BCUT2D eigenvalue weighted by molar-refractivity contribution is -0.122. The Balaban J connectivity index is 1.53. The fourth-order valence-electron chi connectivity index (χ4n) is 4.11. The van der Waals surface area contributed by atoms with E-state index < -0.39 is 0 Å². The van der Waals surface area contributed by atoms with Gasteiger partial charge in [-0.3, -0.25) is 9.59 Å². The number of anilines is 2. The summed E-state index contributed by atoms with van der Waals surface area (Å²) in [4.78, 5) is 32.1. The van der Waals surface area contributed by atoms with Crippen molar-refractivity contribution in [3.63, 3.8) is 0 Å². The number of carbonyl (C=O) groups is 2. The van der Waals surface area contributed by atoms with Gasteiger partial charge in [0.05, 0.1) is 16.1 Å². The second-order valence-electron chi connectivity index (χ2n) is 7.70. The zero-order valence-electron chi connectivity index (χ0n) is 17.7. The van der Waals surface area contributed by atoms with Crippen molar-refractivity contribution in [1.29, 1.82) is 0 Å². The molecule has 1 aliphatic heterocycles. The van der Waals surface area contributed by atoms with Gasteiger partial charge in [-0.05, 0) is 48.1 Å². The van der Waals surface area contributed by atoms with Crippen molar-refractivity contribution in [2.45, 2.75) is 46.5 Å². The van der Waals surface area contributed by atoms with Crippen LogP contribution in [0.3, 0.4) is 0 Å². The van der Waals surface area contributed by atoms with Gasteiger partial charge < -0.3 is 10.2 Å². The fraction of sp³-hybridized carbons (Fsp3) is 0.375. The van der Waals surface area contributed by atoms with Crippen molar-refractivity contribution < 1.29 is 9.59 Å². The van der Waals surface area contributed by atoms with Crippen LogP contribution in [0.15, 0.2) is 36.4 Å². The van der Waals surface area contributed by atoms with E-state index in [0.29, 0.717) is 11.7 Å². The minimum absolute atomic E-state index is 0.0163. The highest BCUT2D eigenvalue weighted by atomic mass is 32.1. The molecular formula is C24H27N3O2S. The quantitative estimate of drug-likeness (QED) is 0.611. The van der Waals surface area contributed by atoms with E-state index >= 15 is 0 Å². The van der Waals surface area contributed by atoms with Gasteiger partial charge in [-0.2, -0.15) is 0 Å². The van der Waals surface area contributed by atoms with Crippen LogP contribution >= 0.6 is 11.3 Å². The number of aromatic nitrogens is 1. The summed E-state index contributed by atoms with van der Waals surface area (Å²) >= 11 is 1.48. The highest BCUT2D eigenvalue weighted by Crippen LogP contribution is 2.33. The number of benzene rings is 2. The molecule has 5 nitrogen and oxygen atoms in total. The van der Waals surface area contributed by atoms with Crippen LogP contribution in [0.2, 0.25) is 0 Å². The molecule has 3 aromatic rings. The highest BCUT2D eigenvalue weighted by Gasteiger charge is 2.36. The number of para-hydroxylation sites is 1. The van der Waals surface area contributed by atoms with Gasteiger partial charge in [0.1, 0.15) is 0 Å². The molecule has 1 aliphatic rings. The molecule has 0 spiro atoms. The summed E-state index contributed by atoms with van der Waals surface area (Å²) in [6.07, 6.45) is 2.91. The van der Waals surface area contributed by atoms with Crippen LogP contribution in [0.4, 0.5) is 10.8 Å². The Morgan fingerprint density at radius 1 is 1.13 bits per heavy atom. The summed E-state index contributed by atoms with van der Waals surface area (Å²) in [5, 5.41) is 3.54. The Morgan fingerprint density at radius 3 is 2.53 bits per heavy atom. The lowest BCUT2D eigenvalue weighted by Gasteiger charge is -2.23. The smallest absolute Gasteiger partial charge is 0.231 e. The van der Waals surface area contributed by atoms with Crippen LogP contribution in [0.5, 0.6) is 0 Å². The van der Waals surface area contributed by atoms with E-state index in [4.69, 9.17) is 0 Å². The number of fused-ring (bicyclic) bond motifs is 1. The van der Waals surface area contributed by atoms with Crippen molar-refractivity contribution in [2.24, 2.45) is 5.92 Å². The van der Waals surface area contributed by atoms with Crippen LogP contribution in [-0.4, -0.2) is 23.3 Å². The Hall–Kier alpha value is -2.73. The summed E-state index contributed by atoms with van der Waals surface area (Å²) in [5.74, 6) is -0.486. The molecule has 6 heteroatoms. The van der Waals surface area contributed by atoms with E-state index in [1.165, 1.54) is 16.9 Å². The largest absolute Gasteiger partial charge is 0.311 e. The van der Waals surface area contributed by atoms with Gasteiger partial charge >= 0.3 is 0 Å². The van der Waals surface area contributed by atoms with Crippen LogP contribution < -0.4 is 10.2 Å². The average Bonchev–Trinajstić information content (AvgIpc) is 3.34. The number of rotatable bonds is 6. The molecule has 156 valence electrons. The van der Waals surface area contributed by atoms with E-state index in [2.05, 4.69) is 55.3 Å². The predicted molar refractivity (Wildman–Crippen MR) is 123 cm³/mol. The van der Waals surface area contributed by atoms with Gasteiger partial charge in [-0.15, -0.1) is 0 Å². The molecule has 2 heterocycles. The third kappa shape index (κ3) is 3.84.